The lowest BCUT2D eigenvalue weighted by Gasteiger charge is -2.18. The summed E-state index contributed by atoms with van der Waals surface area (Å²) >= 11 is 3.48. The molecular formula is C28H28ClN3O4S. The maximum Gasteiger partial charge on any atom is 0.429 e. The fourth-order valence-electron chi connectivity index (χ4n) is 3.86. The van der Waals surface area contributed by atoms with Gasteiger partial charge in [-0.05, 0) is 42.2 Å². The number of hydrogen-bond donors (Lipinski definition) is 1. The van der Waals surface area contributed by atoms with Crippen LogP contribution in [-0.4, -0.2) is 35.3 Å². The first-order valence-corrected chi connectivity index (χ1v) is 13.3. The Hall–Kier alpha value is -3.46. The van der Waals surface area contributed by atoms with E-state index >= 15 is 0 Å². The molecule has 1 unspecified atom stereocenters. The zero-order valence-electron chi connectivity index (χ0n) is 20.6. The summed E-state index contributed by atoms with van der Waals surface area (Å²) in [6, 6.07) is 24.4. The molecule has 0 bridgehead atoms. The summed E-state index contributed by atoms with van der Waals surface area (Å²) in [6.07, 6.45) is 2.29. The number of carbonyl (C=O) groups excluding carboxylic acids is 1. The standard InChI is InChI=1S/C28H28ClN3O4S/c1-20(2)18-27-30-25(22-8-4-3-5-9-22)19-31(27)23-14-12-21(13-15-23)16-17-32(37(34)35)28(33)36-26-11-7-6-10-24(26)29/h3-15,19-20H,16-18H2,1-2H3,(H,34,35). The number of rotatable bonds is 9. The highest BCUT2D eigenvalue weighted by atomic mass is 35.5. The molecule has 1 aromatic heterocycles. The quantitative estimate of drug-likeness (QED) is 0.244. The molecule has 3 aromatic carbocycles. The average molecular weight is 538 g/mol. The fraction of sp³-hybridized carbons (Fsp3) is 0.214. The minimum atomic E-state index is -2.54. The normalized spacial score (nSPS) is 11.9. The number of aromatic nitrogens is 2. The van der Waals surface area contributed by atoms with E-state index in [1.165, 1.54) is 6.07 Å². The van der Waals surface area contributed by atoms with E-state index in [1.54, 1.807) is 18.2 Å². The van der Waals surface area contributed by atoms with E-state index in [-0.39, 0.29) is 17.3 Å². The second-order valence-corrected chi connectivity index (χ2v) is 10.2. The molecule has 1 atom stereocenters. The molecule has 4 rings (SSSR count). The first-order chi connectivity index (χ1) is 17.8. The lowest BCUT2D eigenvalue weighted by Crippen LogP contribution is -2.36. The summed E-state index contributed by atoms with van der Waals surface area (Å²) in [7, 11) is 0. The van der Waals surface area contributed by atoms with Crippen molar-refractivity contribution in [1.29, 1.82) is 0 Å². The van der Waals surface area contributed by atoms with Crippen LogP contribution in [0.25, 0.3) is 16.9 Å². The van der Waals surface area contributed by atoms with Crippen molar-refractivity contribution >= 4 is 29.0 Å². The Balaban J connectivity index is 1.48. The van der Waals surface area contributed by atoms with Gasteiger partial charge in [-0.3, -0.25) is 4.55 Å². The van der Waals surface area contributed by atoms with Crippen LogP contribution >= 0.6 is 11.6 Å². The summed E-state index contributed by atoms with van der Waals surface area (Å²) in [4.78, 5) is 17.4. The van der Waals surface area contributed by atoms with Crippen LogP contribution in [0.1, 0.15) is 25.2 Å². The monoisotopic (exact) mass is 537 g/mol. The van der Waals surface area contributed by atoms with Crippen LogP contribution in [0, 0.1) is 5.92 Å². The van der Waals surface area contributed by atoms with Gasteiger partial charge in [0.05, 0.1) is 10.7 Å². The second-order valence-electron chi connectivity index (χ2n) is 8.92. The van der Waals surface area contributed by atoms with Gasteiger partial charge >= 0.3 is 6.09 Å². The molecule has 0 aliphatic carbocycles. The molecule has 0 fully saturated rings. The number of benzene rings is 3. The van der Waals surface area contributed by atoms with Crippen LogP contribution in [0.4, 0.5) is 4.79 Å². The summed E-state index contributed by atoms with van der Waals surface area (Å²) in [6.45, 7) is 4.32. The molecule has 0 spiro atoms. The number of nitrogens with zero attached hydrogens (tertiary/aromatic N) is 3. The van der Waals surface area contributed by atoms with Gasteiger partial charge in [-0.25, -0.2) is 18.3 Å². The smallest absolute Gasteiger partial charge is 0.408 e. The number of halogens is 1. The van der Waals surface area contributed by atoms with Crippen molar-refractivity contribution < 1.29 is 18.3 Å². The third-order valence-corrected chi connectivity index (χ3v) is 6.70. The van der Waals surface area contributed by atoms with Crippen LogP contribution in [-0.2, 0) is 24.1 Å². The van der Waals surface area contributed by atoms with Crippen LogP contribution in [0.2, 0.25) is 5.02 Å². The zero-order valence-corrected chi connectivity index (χ0v) is 22.2. The molecule has 1 heterocycles. The predicted octanol–water partition coefficient (Wildman–Crippen LogP) is 6.57. The summed E-state index contributed by atoms with van der Waals surface area (Å²) in [5.74, 6) is 1.55. The molecule has 9 heteroatoms. The number of amides is 1. The SMILES string of the molecule is CC(C)Cc1nc(-c2ccccc2)cn1-c1ccc(CCN(C(=O)Oc2ccccc2Cl)S(=O)O)cc1. The molecule has 0 aliphatic rings. The van der Waals surface area contributed by atoms with E-state index in [4.69, 9.17) is 21.3 Å². The first kappa shape index (κ1) is 26.6. The largest absolute Gasteiger partial charge is 0.429 e. The minimum absolute atomic E-state index is 0.00638. The fourth-order valence-corrected chi connectivity index (χ4v) is 4.45. The van der Waals surface area contributed by atoms with Gasteiger partial charge < -0.3 is 9.30 Å². The molecule has 0 aliphatic heterocycles. The van der Waals surface area contributed by atoms with Gasteiger partial charge in [0.15, 0.2) is 5.75 Å². The Morgan fingerprint density at radius 1 is 1.05 bits per heavy atom. The van der Waals surface area contributed by atoms with Gasteiger partial charge in [-0.1, -0.05) is 80.0 Å². The van der Waals surface area contributed by atoms with Gasteiger partial charge in [-0.2, -0.15) is 0 Å². The van der Waals surface area contributed by atoms with Gasteiger partial charge in [0, 0.05) is 30.4 Å². The number of carbonyl (C=O) groups is 1. The van der Waals surface area contributed by atoms with E-state index in [9.17, 15) is 13.6 Å². The number of hydrogen-bond acceptors (Lipinski definition) is 4. The third-order valence-electron chi connectivity index (χ3n) is 5.68. The van der Waals surface area contributed by atoms with Crippen molar-refractivity contribution in [1.82, 2.24) is 13.9 Å². The molecule has 37 heavy (non-hydrogen) atoms. The van der Waals surface area contributed by atoms with E-state index in [0.717, 1.165) is 39.1 Å². The third kappa shape index (κ3) is 6.85. The number of ether oxygens (including phenoxy) is 1. The first-order valence-electron chi connectivity index (χ1n) is 11.9. The summed E-state index contributed by atoms with van der Waals surface area (Å²) < 4.78 is 29.5. The van der Waals surface area contributed by atoms with Crippen LogP contribution in [0.5, 0.6) is 5.75 Å². The van der Waals surface area contributed by atoms with Gasteiger partial charge in [-0.15, -0.1) is 0 Å². The summed E-state index contributed by atoms with van der Waals surface area (Å²) in [5.41, 5.74) is 3.84. The molecule has 1 N–H and O–H groups in total. The Bertz CT molecular complexity index is 1370. The van der Waals surface area contributed by atoms with E-state index in [1.807, 2.05) is 60.8 Å². The lowest BCUT2D eigenvalue weighted by atomic mass is 10.1. The zero-order chi connectivity index (χ0) is 26.4. The van der Waals surface area contributed by atoms with Crippen molar-refractivity contribution in [2.45, 2.75) is 26.7 Å². The predicted molar refractivity (Wildman–Crippen MR) is 146 cm³/mol. The van der Waals surface area contributed by atoms with E-state index in [2.05, 4.69) is 18.4 Å². The van der Waals surface area contributed by atoms with Gasteiger partial charge in [0.25, 0.3) is 11.3 Å². The highest BCUT2D eigenvalue weighted by Crippen LogP contribution is 2.25. The van der Waals surface area contributed by atoms with Crippen molar-refractivity contribution in [3.63, 3.8) is 0 Å². The molecular weight excluding hydrogens is 510 g/mol. The maximum absolute atomic E-state index is 12.5. The Labute approximate surface area is 224 Å². The summed E-state index contributed by atoms with van der Waals surface area (Å²) in [5, 5.41) is 0.238. The lowest BCUT2D eigenvalue weighted by molar-refractivity contribution is 0.178. The van der Waals surface area contributed by atoms with E-state index < -0.39 is 17.4 Å². The molecule has 192 valence electrons. The topological polar surface area (TPSA) is 84.7 Å². The highest BCUT2D eigenvalue weighted by Gasteiger charge is 2.22. The Kier molecular flexibility index (Phi) is 8.76. The van der Waals surface area contributed by atoms with Crippen molar-refractivity contribution in [3.05, 3.63) is 101 Å². The van der Waals surface area contributed by atoms with Crippen LogP contribution in [0.3, 0.4) is 0 Å². The average Bonchev–Trinajstić information content (AvgIpc) is 3.29. The van der Waals surface area contributed by atoms with Crippen molar-refractivity contribution in [2.24, 2.45) is 5.92 Å². The molecule has 4 aromatic rings. The number of para-hydroxylation sites is 1. The molecule has 0 saturated heterocycles. The second kappa shape index (κ2) is 12.2. The van der Waals surface area contributed by atoms with Crippen LogP contribution in [0.15, 0.2) is 85.1 Å². The highest BCUT2D eigenvalue weighted by molar-refractivity contribution is 7.77. The molecule has 0 radical (unpaired) electrons. The maximum atomic E-state index is 12.5. The molecule has 1 amide bonds. The minimum Gasteiger partial charge on any atom is -0.408 e. The van der Waals surface area contributed by atoms with E-state index in [0.29, 0.717) is 12.3 Å². The Morgan fingerprint density at radius 3 is 2.38 bits per heavy atom. The Morgan fingerprint density at radius 2 is 1.73 bits per heavy atom. The van der Waals surface area contributed by atoms with Crippen molar-refractivity contribution in [2.75, 3.05) is 6.54 Å². The van der Waals surface area contributed by atoms with Gasteiger partial charge in [0.2, 0.25) is 0 Å². The number of imidazole rings is 1. The molecule has 7 nitrogen and oxygen atoms in total. The molecule has 0 saturated carbocycles. The van der Waals surface area contributed by atoms with Crippen molar-refractivity contribution in [3.8, 4) is 22.7 Å². The van der Waals surface area contributed by atoms with Crippen LogP contribution < -0.4 is 4.74 Å². The van der Waals surface area contributed by atoms with Gasteiger partial charge in [0.1, 0.15) is 5.82 Å².